The summed E-state index contributed by atoms with van der Waals surface area (Å²) in [4.78, 5) is 10.6. The predicted octanol–water partition coefficient (Wildman–Crippen LogP) is 2.46. The first-order valence-electron chi connectivity index (χ1n) is 5.20. The number of benzene rings is 1. The van der Waals surface area contributed by atoms with Crippen molar-refractivity contribution in [3.05, 3.63) is 41.2 Å². The molecule has 1 aromatic heterocycles. The fourth-order valence-corrected chi connectivity index (χ4v) is 1.58. The Balaban J connectivity index is 2.50. The van der Waals surface area contributed by atoms with Gasteiger partial charge in [0.05, 0.1) is 6.61 Å². The van der Waals surface area contributed by atoms with Gasteiger partial charge in [-0.3, -0.25) is 0 Å². The van der Waals surface area contributed by atoms with E-state index in [9.17, 15) is 13.6 Å². The normalized spacial score (nSPS) is 10.7. The highest BCUT2D eigenvalue weighted by Gasteiger charge is 2.18. The minimum Gasteiger partial charge on any atom is -0.475 e. The van der Waals surface area contributed by atoms with Gasteiger partial charge in [0.2, 0.25) is 5.76 Å². The quantitative estimate of drug-likeness (QED) is 0.923. The number of halogens is 2. The number of ether oxygens (including phenoxy) is 1. The van der Waals surface area contributed by atoms with E-state index in [1.807, 2.05) is 0 Å². The number of carboxylic acids is 1. The maximum Gasteiger partial charge on any atom is 0.374 e. The fourth-order valence-electron chi connectivity index (χ4n) is 1.58. The number of hydrogen-bond acceptors (Lipinski definition) is 4. The second kappa shape index (κ2) is 5.15. The predicted molar refractivity (Wildman–Crippen MR) is 59.5 cm³/mol. The molecule has 1 aromatic carbocycles. The molecular formula is C12H9F2NO4. The molecule has 0 saturated heterocycles. The van der Waals surface area contributed by atoms with E-state index >= 15 is 0 Å². The van der Waals surface area contributed by atoms with Crippen molar-refractivity contribution in [1.82, 2.24) is 5.16 Å². The number of nitrogens with zero attached hydrogens (tertiary/aromatic N) is 1. The van der Waals surface area contributed by atoms with Crippen LogP contribution in [0, 0.1) is 11.6 Å². The largest absolute Gasteiger partial charge is 0.475 e. The second-order valence-electron chi connectivity index (χ2n) is 3.75. The van der Waals surface area contributed by atoms with Crippen molar-refractivity contribution < 1.29 is 27.9 Å². The average Bonchev–Trinajstić information content (AvgIpc) is 2.83. The molecule has 0 unspecified atom stereocenters. The minimum absolute atomic E-state index is 0.0910. The number of carboxylic acid groups (broad SMARTS) is 1. The first kappa shape index (κ1) is 13.2. The van der Waals surface area contributed by atoms with E-state index in [4.69, 9.17) is 9.84 Å². The van der Waals surface area contributed by atoms with E-state index in [1.165, 1.54) is 13.2 Å². The van der Waals surface area contributed by atoms with Crippen molar-refractivity contribution in [2.45, 2.75) is 6.61 Å². The van der Waals surface area contributed by atoms with E-state index in [1.54, 1.807) is 0 Å². The van der Waals surface area contributed by atoms with Crippen LogP contribution in [0.5, 0.6) is 0 Å². The SMILES string of the molecule is COCc1cc(F)c(F)c(-c2cc(C(=O)O)on2)c1. The second-order valence-corrected chi connectivity index (χ2v) is 3.75. The summed E-state index contributed by atoms with van der Waals surface area (Å²) < 4.78 is 36.4. The summed E-state index contributed by atoms with van der Waals surface area (Å²) in [6, 6.07) is 3.35. The number of carbonyl (C=O) groups is 1. The van der Waals surface area contributed by atoms with Gasteiger partial charge in [0.25, 0.3) is 0 Å². The van der Waals surface area contributed by atoms with Crippen LogP contribution in [0.15, 0.2) is 22.7 Å². The van der Waals surface area contributed by atoms with E-state index in [2.05, 4.69) is 9.68 Å². The van der Waals surface area contributed by atoms with Crippen LogP contribution >= 0.6 is 0 Å². The molecule has 5 nitrogen and oxygen atoms in total. The molecule has 0 spiro atoms. The maximum absolute atomic E-state index is 13.7. The molecule has 0 aliphatic rings. The highest BCUT2D eigenvalue weighted by Crippen LogP contribution is 2.26. The van der Waals surface area contributed by atoms with Gasteiger partial charge < -0.3 is 14.4 Å². The van der Waals surface area contributed by atoms with E-state index in [-0.39, 0.29) is 17.9 Å². The first-order chi connectivity index (χ1) is 9.02. The first-order valence-corrected chi connectivity index (χ1v) is 5.20. The summed E-state index contributed by atoms with van der Waals surface area (Å²) >= 11 is 0. The van der Waals surface area contributed by atoms with Gasteiger partial charge in [0.1, 0.15) is 5.69 Å². The lowest BCUT2D eigenvalue weighted by molar-refractivity contribution is 0.0652. The van der Waals surface area contributed by atoms with Crippen molar-refractivity contribution in [1.29, 1.82) is 0 Å². The molecule has 7 heteroatoms. The lowest BCUT2D eigenvalue weighted by Gasteiger charge is -2.05. The fraction of sp³-hybridized carbons (Fsp3) is 0.167. The molecule has 0 saturated carbocycles. The van der Waals surface area contributed by atoms with Crippen molar-refractivity contribution >= 4 is 5.97 Å². The summed E-state index contributed by atoms with van der Waals surface area (Å²) in [6.45, 7) is 0.0911. The van der Waals surface area contributed by atoms with Gasteiger partial charge in [-0.25, -0.2) is 13.6 Å². The zero-order valence-corrected chi connectivity index (χ0v) is 9.81. The molecule has 0 atom stereocenters. The molecule has 19 heavy (non-hydrogen) atoms. The lowest BCUT2D eigenvalue weighted by Crippen LogP contribution is -1.96. The smallest absolute Gasteiger partial charge is 0.374 e. The van der Waals surface area contributed by atoms with Gasteiger partial charge in [-0.2, -0.15) is 0 Å². The molecule has 2 aromatic rings. The Morgan fingerprint density at radius 2 is 2.16 bits per heavy atom. The van der Waals surface area contributed by atoms with Crippen LogP contribution in [0.2, 0.25) is 0 Å². The molecule has 1 heterocycles. The van der Waals surface area contributed by atoms with Crippen molar-refractivity contribution in [2.24, 2.45) is 0 Å². The van der Waals surface area contributed by atoms with Gasteiger partial charge in [0.15, 0.2) is 11.6 Å². The van der Waals surface area contributed by atoms with Gasteiger partial charge in [-0.1, -0.05) is 5.16 Å². The summed E-state index contributed by atoms with van der Waals surface area (Å²) in [6.07, 6.45) is 0. The Bertz CT molecular complexity index is 624. The van der Waals surface area contributed by atoms with Crippen LogP contribution in [0.3, 0.4) is 0 Å². The van der Waals surface area contributed by atoms with Crippen molar-refractivity contribution in [3.63, 3.8) is 0 Å². The van der Waals surface area contributed by atoms with Crippen LogP contribution in [0.4, 0.5) is 8.78 Å². The third kappa shape index (κ3) is 2.60. The molecular weight excluding hydrogens is 260 g/mol. The van der Waals surface area contributed by atoms with Gasteiger partial charge in [-0.05, 0) is 17.7 Å². The zero-order chi connectivity index (χ0) is 14.0. The maximum atomic E-state index is 13.7. The summed E-state index contributed by atoms with van der Waals surface area (Å²) in [5, 5.41) is 12.1. The lowest BCUT2D eigenvalue weighted by atomic mass is 10.1. The topological polar surface area (TPSA) is 72.6 Å². The molecule has 0 radical (unpaired) electrons. The third-order valence-electron chi connectivity index (χ3n) is 2.40. The van der Waals surface area contributed by atoms with E-state index in [0.29, 0.717) is 5.56 Å². The molecule has 100 valence electrons. The highest BCUT2D eigenvalue weighted by molar-refractivity contribution is 5.85. The van der Waals surface area contributed by atoms with E-state index < -0.39 is 23.4 Å². The number of methoxy groups -OCH3 is 1. The van der Waals surface area contributed by atoms with Crippen LogP contribution in [-0.4, -0.2) is 23.3 Å². The van der Waals surface area contributed by atoms with Gasteiger partial charge >= 0.3 is 5.97 Å². The number of hydrogen-bond donors (Lipinski definition) is 1. The standard InChI is InChI=1S/C12H9F2NO4/c1-18-5-6-2-7(11(14)8(13)3-6)9-4-10(12(16)17)19-15-9/h2-4H,5H2,1H3,(H,16,17). The zero-order valence-electron chi connectivity index (χ0n) is 9.81. The van der Waals surface area contributed by atoms with Crippen LogP contribution in [0.1, 0.15) is 16.1 Å². The molecule has 1 N–H and O–H groups in total. The van der Waals surface area contributed by atoms with Crippen molar-refractivity contribution in [2.75, 3.05) is 7.11 Å². The van der Waals surface area contributed by atoms with Crippen LogP contribution < -0.4 is 0 Å². The summed E-state index contributed by atoms with van der Waals surface area (Å²) in [5.74, 6) is -3.98. The molecule has 2 rings (SSSR count). The van der Waals surface area contributed by atoms with Crippen LogP contribution in [-0.2, 0) is 11.3 Å². The Labute approximate surface area is 106 Å². The van der Waals surface area contributed by atoms with Gasteiger partial charge in [0, 0.05) is 18.7 Å². The molecule has 0 amide bonds. The van der Waals surface area contributed by atoms with Crippen molar-refractivity contribution in [3.8, 4) is 11.3 Å². The van der Waals surface area contributed by atoms with E-state index in [0.717, 1.165) is 12.1 Å². The van der Waals surface area contributed by atoms with Crippen LogP contribution in [0.25, 0.3) is 11.3 Å². The Morgan fingerprint density at radius 3 is 2.74 bits per heavy atom. The average molecular weight is 269 g/mol. The molecule has 0 aliphatic carbocycles. The highest BCUT2D eigenvalue weighted by atomic mass is 19.2. The number of aromatic nitrogens is 1. The molecule has 0 aliphatic heterocycles. The number of aromatic carboxylic acids is 1. The Kier molecular flexibility index (Phi) is 3.57. The summed E-state index contributed by atoms with van der Waals surface area (Å²) in [5.41, 5.74) is 0.131. The Morgan fingerprint density at radius 1 is 1.42 bits per heavy atom. The molecule has 0 fully saturated rings. The van der Waals surface area contributed by atoms with Gasteiger partial charge in [-0.15, -0.1) is 0 Å². The number of rotatable bonds is 4. The Hall–Kier alpha value is -2.28. The summed E-state index contributed by atoms with van der Waals surface area (Å²) in [7, 11) is 1.42. The third-order valence-corrected chi connectivity index (χ3v) is 2.40. The minimum atomic E-state index is -1.34. The monoisotopic (exact) mass is 269 g/mol. The molecule has 0 bridgehead atoms.